The number of hydrogen-bond donors (Lipinski definition) is 2. The van der Waals surface area contributed by atoms with Gasteiger partial charge in [0.15, 0.2) is 0 Å². The molecule has 2 rings (SSSR count). The predicted octanol–water partition coefficient (Wildman–Crippen LogP) is 3.62. The van der Waals surface area contributed by atoms with E-state index in [0.717, 1.165) is 18.4 Å². The largest absolute Gasteiger partial charge is 0.462 e. The molecular formula is C21H33ClN2O3. The van der Waals surface area contributed by atoms with E-state index in [1.807, 2.05) is 30.3 Å². The van der Waals surface area contributed by atoms with E-state index >= 15 is 0 Å². The van der Waals surface area contributed by atoms with Gasteiger partial charge in [0.2, 0.25) is 5.91 Å². The Morgan fingerprint density at radius 3 is 2.48 bits per heavy atom. The number of benzene rings is 1. The Balaban J connectivity index is 0.00000364. The fourth-order valence-corrected chi connectivity index (χ4v) is 3.82. The lowest BCUT2D eigenvalue weighted by Crippen LogP contribution is -2.38. The number of nitrogens with two attached hydrogens (primary N) is 1. The van der Waals surface area contributed by atoms with Gasteiger partial charge in [-0.05, 0) is 36.2 Å². The van der Waals surface area contributed by atoms with E-state index in [-0.39, 0.29) is 43.4 Å². The second-order valence-electron chi connectivity index (χ2n) is 7.79. The Morgan fingerprint density at radius 1 is 1.22 bits per heavy atom. The zero-order valence-electron chi connectivity index (χ0n) is 16.5. The maximum atomic E-state index is 12.6. The first-order valence-electron chi connectivity index (χ1n) is 9.64. The van der Waals surface area contributed by atoms with E-state index in [9.17, 15) is 9.59 Å². The van der Waals surface area contributed by atoms with E-state index in [1.54, 1.807) is 0 Å². The van der Waals surface area contributed by atoms with Gasteiger partial charge in [0.25, 0.3) is 0 Å². The van der Waals surface area contributed by atoms with Crippen LogP contribution in [0.2, 0.25) is 0 Å². The maximum absolute atomic E-state index is 12.6. The third-order valence-electron chi connectivity index (χ3n) is 5.34. The van der Waals surface area contributed by atoms with Gasteiger partial charge in [0.1, 0.15) is 6.10 Å². The van der Waals surface area contributed by atoms with Crippen molar-refractivity contribution in [3.63, 3.8) is 0 Å². The van der Waals surface area contributed by atoms with Crippen molar-refractivity contribution in [2.24, 2.45) is 23.5 Å². The maximum Gasteiger partial charge on any atom is 0.308 e. The van der Waals surface area contributed by atoms with Crippen LogP contribution >= 0.6 is 12.4 Å². The molecule has 6 heteroatoms. The third kappa shape index (κ3) is 7.15. The van der Waals surface area contributed by atoms with Crippen molar-refractivity contribution in [2.75, 3.05) is 6.54 Å². The summed E-state index contributed by atoms with van der Waals surface area (Å²) in [6.07, 6.45) is 3.29. The summed E-state index contributed by atoms with van der Waals surface area (Å²) >= 11 is 0. The Kier molecular flexibility index (Phi) is 9.81. The van der Waals surface area contributed by atoms with Crippen LogP contribution < -0.4 is 11.1 Å². The summed E-state index contributed by atoms with van der Waals surface area (Å²) in [5.74, 6) is 0.926. The fraction of sp³-hybridized carbons (Fsp3) is 0.619. The number of nitrogens with one attached hydrogen (secondary N) is 1. The fourth-order valence-electron chi connectivity index (χ4n) is 3.82. The van der Waals surface area contributed by atoms with Crippen molar-refractivity contribution in [1.82, 2.24) is 5.32 Å². The Bertz CT molecular complexity index is 594. The van der Waals surface area contributed by atoms with Crippen LogP contribution in [-0.2, 0) is 14.3 Å². The highest BCUT2D eigenvalue weighted by Gasteiger charge is 2.34. The molecule has 152 valence electrons. The van der Waals surface area contributed by atoms with Crippen molar-refractivity contribution in [3.05, 3.63) is 35.9 Å². The van der Waals surface area contributed by atoms with Crippen LogP contribution in [0.1, 0.15) is 58.1 Å². The zero-order chi connectivity index (χ0) is 19.1. The molecule has 1 aromatic carbocycles. The van der Waals surface area contributed by atoms with Gasteiger partial charge in [-0.15, -0.1) is 12.4 Å². The third-order valence-corrected chi connectivity index (χ3v) is 5.34. The van der Waals surface area contributed by atoms with Crippen LogP contribution in [0.5, 0.6) is 0 Å². The number of halogens is 1. The van der Waals surface area contributed by atoms with Crippen LogP contribution in [-0.4, -0.2) is 24.5 Å². The second-order valence-corrected chi connectivity index (χ2v) is 7.79. The number of rotatable bonds is 7. The highest BCUT2D eigenvalue weighted by Crippen LogP contribution is 2.35. The highest BCUT2D eigenvalue weighted by molar-refractivity contribution is 5.85. The van der Waals surface area contributed by atoms with E-state index in [0.29, 0.717) is 17.8 Å². The van der Waals surface area contributed by atoms with E-state index in [1.165, 1.54) is 6.42 Å². The molecule has 5 nitrogen and oxygen atoms in total. The summed E-state index contributed by atoms with van der Waals surface area (Å²) in [7, 11) is 0. The summed E-state index contributed by atoms with van der Waals surface area (Å²) in [6, 6.07) is 9.06. The normalized spacial score (nSPS) is 23.2. The van der Waals surface area contributed by atoms with Crippen molar-refractivity contribution in [3.8, 4) is 0 Å². The zero-order valence-corrected chi connectivity index (χ0v) is 17.3. The summed E-state index contributed by atoms with van der Waals surface area (Å²) in [4.78, 5) is 24.4. The Labute approximate surface area is 168 Å². The van der Waals surface area contributed by atoms with Gasteiger partial charge in [-0.1, -0.05) is 57.5 Å². The molecule has 1 aliphatic rings. The van der Waals surface area contributed by atoms with Gasteiger partial charge in [-0.3, -0.25) is 9.59 Å². The van der Waals surface area contributed by atoms with Crippen molar-refractivity contribution < 1.29 is 14.3 Å². The summed E-state index contributed by atoms with van der Waals surface area (Å²) in [5.41, 5.74) is 6.30. The number of amides is 1. The minimum absolute atomic E-state index is 0. The lowest BCUT2D eigenvalue weighted by molar-refractivity contribution is -0.156. The molecule has 0 aromatic heterocycles. The minimum Gasteiger partial charge on any atom is -0.462 e. The Hall–Kier alpha value is -1.59. The molecule has 0 spiro atoms. The standard InChI is InChI=1S/C21H32N2O3.ClH/c1-14(2)17-10-9-15(3)11-19(17)26-21(25)12-18(23-20(24)13-22)16-7-5-4-6-8-16;/h4-8,14-15,17-19H,9-13,22H2,1-3H3,(H,23,24);1H/t15-,17+,18-,19-;/m1./s1. The molecule has 3 N–H and O–H groups in total. The molecular weight excluding hydrogens is 364 g/mol. The number of hydrogen-bond acceptors (Lipinski definition) is 4. The highest BCUT2D eigenvalue weighted by atomic mass is 35.5. The van der Waals surface area contributed by atoms with Crippen molar-refractivity contribution >= 4 is 24.3 Å². The molecule has 0 aliphatic heterocycles. The van der Waals surface area contributed by atoms with Gasteiger partial charge < -0.3 is 15.8 Å². The van der Waals surface area contributed by atoms with Crippen LogP contribution in [0.25, 0.3) is 0 Å². The topological polar surface area (TPSA) is 81.4 Å². The first kappa shape index (κ1) is 23.4. The van der Waals surface area contributed by atoms with Gasteiger partial charge in [-0.2, -0.15) is 0 Å². The number of carbonyl (C=O) groups excluding carboxylic acids is 2. The number of carbonyl (C=O) groups is 2. The van der Waals surface area contributed by atoms with E-state index < -0.39 is 6.04 Å². The molecule has 1 fully saturated rings. The molecule has 0 heterocycles. The first-order chi connectivity index (χ1) is 12.4. The molecule has 4 atom stereocenters. The smallest absolute Gasteiger partial charge is 0.308 e. The molecule has 0 bridgehead atoms. The molecule has 27 heavy (non-hydrogen) atoms. The molecule has 1 amide bonds. The average molecular weight is 397 g/mol. The molecule has 1 saturated carbocycles. The Morgan fingerprint density at radius 2 is 1.89 bits per heavy atom. The van der Waals surface area contributed by atoms with Gasteiger partial charge in [-0.25, -0.2) is 0 Å². The van der Waals surface area contributed by atoms with E-state index in [2.05, 4.69) is 26.1 Å². The monoisotopic (exact) mass is 396 g/mol. The molecule has 1 aromatic rings. The van der Waals surface area contributed by atoms with Crippen LogP contribution in [0.15, 0.2) is 30.3 Å². The SMILES string of the molecule is CC(C)[C@@H]1CC[C@@H](C)C[C@H]1OC(=O)C[C@@H](NC(=O)CN)c1ccccc1.Cl. The predicted molar refractivity (Wildman–Crippen MR) is 109 cm³/mol. The summed E-state index contributed by atoms with van der Waals surface area (Å²) < 4.78 is 5.88. The van der Waals surface area contributed by atoms with Crippen LogP contribution in [0.3, 0.4) is 0 Å². The quantitative estimate of drug-likeness (QED) is 0.689. The van der Waals surface area contributed by atoms with Gasteiger partial charge in [0, 0.05) is 0 Å². The summed E-state index contributed by atoms with van der Waals surface area (Å²) in [5, 5.41) is 2.83. The van der Waals surface area contributed by atoms with Gasteiger partial charge >= 0.3 is 5.97 Å². The van der Waals surface area contributed by atoms with Crippen molar-refractivity contribution in [1.29, 1.82) is 0 Å². The molecule has 0 radical (unpaired) electrons. The molecule has 1 aliphatic carbocycles. The second kappa shape index (κ2) is 11.3. The molecule has 0 saturated heterocycles. The average Bonchev–Trinajstić information content (AvgIpc) is 2.61. The van der Waals surface area contributed by atoms with Crippen LogP contribution in [0, 0.1) is 17.8 Å². The number of ether oxygens (including phenoxy) is 1. The first-order valence-corrected chi connectivity index (χ1v) is 9.64. The lowest BCUT2D eigenvalue weighted by Gasteiger charge is -2.37. The lowest BCUT2D eigenvalue weighted by atomic mass is 9.75. The van der Waals surface area contributed by atoms with Crippen molar-refractivity contribution in [2.45, 2.75) is 58.6 Å². The van der Waals surface area contributed by atoms with E-state index in [4.69, 9.17) is 10.5 Å². The number of esters is 1. The summed E-state index contributed by atoms with van der Waals surface area (Å²) in [6.45, 7) is 6.49. The molecule has 0 unspecified atom stereocenters. The van der Waals surface area contributed by atoms with Crippen LogP contribution in [0.4, 0.5) is 0 Å². The van der Waals surface area contributed by atoms with Gasteiger partial charge in [0.05, 0.1) is 19.0 Å². The minimum atomic E-state index is -0.418.